The summed E-state index contributed by atoms with van der Waals surface area (Å²) in [5.41, 5.74) is 1.41. The third-order valence-corrected chi connectivity index (χ3v) is 5.35. The number of benzene rings is 1. The molecular weight excluding hydrogens is 298 g/mol. The largest absolute Gasteiger partial charge is 0.356 e. The van der Waals surface area contributed by atoms with Gasteiger partial charge in [-0.25, -0.2) is 8.42 Å². The van der Waals surface area contributed by atoms with E-state index in [4.69, 9.17) is 0 Å². The van der Waals surface area contributed by atoms with Crippen molar-refractivity contribution in [1.29, 1.82) is 0 Å². The molecule has 1 aliphatic rings. The first kappa shape index (κ1) is 17.0. The lowest BCUT2D eigenvalue weighted by molar-refractivity contribution is -0.120. The standard InChI is InChI=1S/C17H25NO3S/c1-22(20,21)12-11-17(19)18-13-14-7-9-16(10-8-14)15-5-3-2-4-6-15/h2-6,14,16H,7-13H2,1H3,(H,18,19). The molecule has 0 saturated heterocycles. The summed E-state index contributed by atoms with van der Waals surface area (Å²) in [6.45, 7) is 0.671. The molecule has 0 radical (unpaired) electrons. The van der Waals surface area contributed by atoms with E-state index >= 15 is 0 Å². The fraction of sp³-hybridized carbons (Fsp3) is 0.588. The van der Waals surface area contributed by atoms with Gasteiger partial charge in [0.05, 0.1) is 5.75 Å². The number of nitrogens with one attached hydrogen (secondary N) is 1. The van der Waals surface area contributed by atoms with Crippen molar-refractivity contribution in [2.24, 2.45) is 5.92 Å². The van der Waals surface area contributed by atoms with Gasteiger partial charge in [0, 0.05) is 19.2 Å². The molecule has 0 aromatic heterocycles. The van der Waals surface area contributed by atoms with Crippen LogP contribution in [0.1, 0.15) is 43.6 Å². The highest BCUT2D eigenvalue weighted by Crippen LogP contribution is 2.35. The van der Waals surface area contributed by atoms with Gasteiger partial charge >= 0.3 is 0 Å². The second-order valence-corrected chi connectivity index (χ2v) is 8.57. The van der Waals surface area contributed by atoms with Crippen LogP contribution in [-0.4, -0.2) is 32.9 Å². The molecule has 0 atom stereocenters. The molecule has 0 unspecified atom stereocenters. The van der Waals surface area contributed by atoms with Crippen molar-refractivity contribution in [2.45, 2.75) is 38.0 Å². The second kappa shape index (κ2) is 7.77. The predicted molar refractivity (Wildman–Crippen MR) is 88.5 cm³/mol. The Hall–Kier alpha value is -1.36. The van der Waals surface area contributed by atoms with Crippen molar-refractivity contribution in [2.75, 3.05) is 18.6 Å². The highest BCUT2D eigenvalue weighted by atomic mass is 32.2. The van der Waals surface area contributed by atoms with Gasteiger partial charge in [0.1, 0.15) is 9.84 Å². The number of sulfone groups is 1. The van der Waals surface area contributed by atoms with Gasteiger partial charge in [-0.2, -0.15) is 0 Å². The Balaban J connectivity index is 1.68. The molecule has 1 saturated carbocycles. The van der Waals surface area contributed by atoms with E-state index in [1.165, 1.54) is 5.56 Å². The zero-order valence-corrected chi connectivity index (χ0v) is 13.9. The van der Waals surface area contributed by atoms with Crippen LogP contribution in [0.3, 0.4) is 0 Å². The molecule has 1 aliphatic carbocycles. The van der Waals surface area contributed by atoms with Gasteiger partial charge in [-0.15, -0.1) is 0 Å². The Morgan fingerprint density at radius 2 is 1.77 bits per heavy atom. The minimum absolute atomic E-state index is 0.0677. The quantitative estimate of drug-likeness (QED) is 0.875. The van der Waals surface area contributed by atoms with Gasteiger partial charge in [0.25, 0.3) is 0 Å². The van der Waals surface area contributed by atoms with Crippen LogP contribution in [0.25, 0.3) is 0 Å². The molecule has 0 heterocycles. The second-order valence-electron chi connectivity index (χ2n) is 6.31. The van der Waals surface area contributed by atoms with Crippen LogP contribution in [0.5, 0.6) is 0 Å². The zero-order valence-electron chi connectivity index (χ0n) is 13.1. The molecule has 1 amide bonds. The topological polar surface area (TPSA) is 63.2 Å². The fourth-order valence-electron chi connectivity index (χ4n) is 3.05. The first-order valence-corrected chi connectivity index (χ1v) is 9.99. The maximum absolute atomic E-state index is 11.6. The van der Waals surface area contributed by atoms with Gasteiger partial charge in [-0.1, -0.05) is 30.3 Å². The van der Waals surface area contributed by atoms with E-state index < -0.39 is 9.84 Å². The Morgan fingerprint density at radius 3 is 2.36 bits per heavy atom. The summed E-state index contributed by atoms with van der Waals surface area (Å²) in [5.74, 6) is 0.927. The summed E-state index contributed by atoms with van der Waals surface area (Å²) in [4.78, 5) is 11.6. The molecule has 1 fully saturated rings. The molecule has 5 heteroatoms. The van der Waals surface area contributed by atoms with E-state index in [9.17, 15) is 13.2 Å². The number of hydrogen-bond acceptors (Lipinski definition) is 3. The average molecular weight is 323 g/mol. The molecule has 0 aliphatic heterocycles. The van der Waals surface area contributed by atoms with Crippen molar-refractivity contribution in [3.63, 3.8) is 0 Å². The van der Waals surface area contributed by atoms with Crippen molar-refractivity contribution >= 4 is 15.7 Å². The molecule has 2 rings (SSSR count). The average Bonchev–Trinajstić information content (AvgIpc) is 2.51. The third kappa shape index (κ3) is 5.79. The smallest absolute Gasteiger partial charge is 0.221 e. The van der Waals surface area contributed by atoms with E-state index in [2.05, 4.69) is 29.6 Å². The molecule has 0 spiro atoms. The van der Waals surface area contributed by atoms with Crippen molar-refractivity contribution in [3.8, 4) is 0 Å². The highest BCUT2D eigenvalue weighted by Gasteiger charge is 2.22. The minimum Gasteiger partial charge on any atom is -0.356 e. The molecule has 1 aromatic carbocycles. The van der Waals surface area contributed by atoms with E-state index in [-0.39, 0.29) is 18.1 Å². The van der Waals surface area contributed by atoms with Gasteiger partial charge in [0.15, 0.2) is 0 Å². The first-order valence-electron chi connectivity index (χ1n) is 7.93. The molecule has 4 nitrogen and oxygen atoms in total. The number of carbonyl (C=O) groups excluding carboxylic acids is 1. The van der Waals surface area contributed by atoms with Gasteiger partial charge in [-0.3, -0.25) is 4.79 Å². The van der Waals surface area contributed by atoms with Crippen LogP contribution in [0.2, 0.25) is 0 Å². The summed E-state index contributed by atoms with van der Waals surface area (Å²) < 4.78 is 22.1. The summed E-state index contributed by atoms with van der Waals surface area (Å²) in [7, 11) is -3.06. The Kier molecular flexibility index (Phi) is 6.00. The molecule has 1 aromatic rings. The van der Waals surface area contributed by atoms with Crippen molar-refractivity contribution in [3.05, 3.63) is 35.9 Å². The van der Waals surface area contributed by atoms with Gasteiger partial charge in [0.2, 0.25) is 5.91 Å². The maximum atomic E-state index is 11.6. The van der Waals surface area contributed by atoms with E-state index in [1.807, 2.05) is 6.07 Å². The lowest BCUT2D eigenvalue weighted by Crippen LogP contribution is -2.32. The lowest BCUT2D eigenvalue weighted by Gasteiger charge is -2.29. The summed E-state index contributed by atoms with van der Waals surface area (Å²) in [6.07, 6.45) is 5.78. The van der Waals surface area contributed by atoms with E-state index in [1.54, 1.807) is 0 Å². The Bertz CT molecular complexity index is 575. The molecule has 22 heavy (non-hydrogen) atoms. The number of rotatable bonds is 6. The van der Waals surface area contributed by atoms with E-state index in [0.29, 0.717) is 18.4 Å². The van der Waals surface area contributed by atoms with Gasteiger partial charge < -0.3 is 5.32 Å². The van der Waals surface area contributed by atoms with Crippen LogP contribution < -0.4 is 5.32 Å². The fourth-order valence-corrected chi connectivity index (χ4v) is 3.61. The summed E-state index contributed by atoms with van der Waals surface area (Å²) in [5, 5.41) is 2.88. The Labute approximate surface area is 133 Å². The van der Waals surface area contributed by atoms with Crippen LogP contribution in [-0.2, 0) is 14.6 Å². The minimum atomic E-state index is -3.06. The molecule has 122 valence electrons. The van der Waals surface area contributed by atoms with Crippen LogP contribution in [0.4, 0.5) is 0 Å². The van der Waals surface area contributed by atoms with Crippen LogP contribution in [0.15, 0.2) is 30.3 Å². The number of amides is 1. The molecule has 1 N–H and O–H groups in total. The van der Waals surface area contributed by atoms with Crippen LogP contribution in [0, 0.1) is 5.92 Å². The highest BCUT2D eigenvalue weighted by molar-refractivity contribution is 7.90. The third-order valence-electron chi connectivity index (χ3n) is 4.41. The first-order chi connectivity index (χ1) is 10.4. The monoisotopic (exact) mass is 323 g/mol. The lowest BCUT2D eigenvalue weighted by atomic mass is 9.79. The molecular formula is C17H25NO3S. The SMILES string of the molecule is CS(=O)(=O)CCC(=O)NCC1CCC(c2ccccc2)CC1. The van der Waals surface area contributed by atoms with Crippen LogP contribution >= 0.6 is 0 Å². The van der Waals surface area contributed by atoms with Crippen molar-refractivity contribution < 1.29 is 13.2 Å². The summed E-state index contributed by atoms with van der Waals surface area (Å²) >= 11 is 0. The number of hydrogen-bond donors (Lipinski definition) is 1. The summed E-state index contributed by atoms with van der Waals surface area (Å²) in [6, 6.07) is 10.6. The molecule has 0 bridgehead atoms. The van der Waals surface area contributed by atoms with Gasteiger partial charge in [-0.05, 0) is 43.1 Å². The predicted octanol–water partition coefficient (Wildman–Crippen LogP) is 2.51. The zero-order chi connectivity index (χ0) is 16.0. The van der Waals surface area contributed by atoms with Crippen molar-refractivity contribution in [1.82, 2.24) is 5.32 Å². The maximum Gasteiger partial charge on any atom is 0.221 e. The van der Waals surface area contributed by atoms with E-state index in [0.717, 1.165) is 31.9 Å². The Morgan fingerprint density at radius 1 is 1.14 bits per heavy atom. The normalized spacial score (nSPS) is 22.2. The number of carbonyl (C=O) groups is 1.